The summed E-state index contributed by atoms with van der Waals surface area (Å²) in [6.07, 6.45) is 1.64. The number of carbonyl (C=O) groups is 2. The zero-order valence-electron chi connectivity index (χ0n) is 19.8. The van der Waals surface area contributed by atoms with Crippen molar-refractivity contribution in [2.24, 2.45) is 0 Å². The fourth-order valence-corrected chi connectivity index (χ4v) is 3.65. The quantitative estimate of drug-likeness (QED) is 0.356. The van der Waals surface area contributed by atoms with Gasteiger partial charge in [0.15, 0.2) is 11.6 Å². The van der Waals surface area contributed by atoms with Gasteiger partial charge in [0.05, 0.1) is 12.5 Å². The van der Waals surface area contributed by atoms with Crippen LogP contribution in [-0.4, -0.2) is 29.6 Å². The molecule has 2 amide bonds. The Kier molecular flexibility index (Phi) is 9.48. The average molecular weight is 485 g/mol. The van der Waals surface area contributed by atoms with E-state index in [0.717, 1.165) is 31.2 Å². The first-order valence-corrected chi connectivity index (χ1v) is 11.6. The van der Waals surface area contributed by atoms with E-state index in [9.17, 15) is 18.4 Å². The molecule has 0 radical (unpaired) electrons. The molecule has 0 aliphatic rings. The molecule has 0 fully saturated rings. The maximum Gasteiger partial charge on any atom is 0.248 e. The molecular weight excluding hydrogens is 454 g/mol. The highest BCUT2D eigenvalue weighted by molar-refractivity contribution is 5.96. The third kappa shape index (κ3) is 8.29. The van der Waals surface area contributed by atoms with E-state index in [1.807, 2.05) is 32.0 Å². The smallest absolute Gasteiger partial charge is 0.248 e. The van der Waals surface area contributed by atoms with Gasteiger partial charge in [0.25, 0.3) is 0 Å². The minimum absolute atomic E-state index is 0.116. The van der Waals surface area contributed by atoms with E-state index in [1.165, 1.54) is 5.56 Å². The average Bonchev–Trinajstić information content (AvgIpc) is 3.27. The Bertz CT molecular complexity index is 1100. The molecule has 186 valence electrons. The van der Waals surface area contributed by atoms with Crippen molar-refractivity contribution in [1.82, 2.24) is 15.8 Å². The first kappa shape index (κ1) is 26.0. The molecule has 2 atom stereocenters. The van der Waals surface area contributed by atoms with Gasteiger partial charge in [-0.25, -0.2) is 8.78 Å². The van der Waals surface area contributed by atoms with Crippen LogP contribution in [-0.2, 0) is 22.4 Å². The van der Waals surface area contributed by atoms with Gasteiger partial charge < -0.3 is 20.5 Å². The monoisotopic (exact) mass is 484 g/mol. The van der Waals surface area contributed by atoms with Crippen molar-refractivity contribution >= 4 is 17.6 Å². The summed E-state index contributed by atoms with van der Waals surface area (Å²) in [6.45, 7) is 4.56. The molecule has 2 aromatic carbocycles. The van der Waals surface area contributed by atoms with Gasteiger partial charge in [0.1, 0.15) is 17.7 Å². The van der Waals surface area contributed by atoms with E-state index in [0.29, 0.717) is 18.6 Å². The maximum absolute atomic E-state index is 13.4. The van der Waals surface area contributed by atoms with Crippen LogP contribution in [0.5, 0.6) is 0 Å². The number of nitrogens with zero attached hydrogens (tertiary/aromatic N) is 1. The Morgan fingerprint density at radius 2 is 1.74 bits per heavy atom. The molecule has 9 heteroatoms. The van der Waals surface area contributed by atoms with Crippen molar-refractivity contribution in [3.8, 4) is 0 Å². The van der Waals surface area contributed by atoms with Crippen LogP contribution in [0.4, 0.5) is 14.6 Å². The molecule has 0 bridgehead atoms. The second-order valence-corrected chi connectivity index (χ2v) is 8.38. The summed E-state index contributed by atoms with van der Waals surface area (Å²) in [5.74, 6) is -1.68. The van der Waals surface area contributed by atoms with Crippen LogP contribution in [0, 0.1) is 11.6 Å². The van der Waals surface area contributed by atoms with Crippen LogP contribution in [0.25, 0.3) is 0 Å². The van der Waals surface area contributed by atoms with Gasteiger partial charge in [-0.3, -0.25) is 9.59 Å². The summed E-state index contributed by atoms with van der Waals surface area (Å²) in [7, 11) is 0. The molecule has 0 saturated heterocycles. The van der Waals surface area contributed by atoms with Gasteiger partial charge in [-0.05, 0) is 49.6 Å². The van der Waals surface area contributed by atoms with E-state index >= 15 is 0 Å². The van der Waals surface area contributed by atoms with Crippen molar-refractivity contribution in [3.63, 3.8) is 0 Å². The lowest BCUT2D eigenvalue weighted by Crippen LogP contribution is -2.44. The van der Waals surface area contributed by atoms with Crippen LogP contribution < -0.4 is 16.0 Å². The predicted octanol–water partition coefficient (Wildman–Crippen LogP) is 4.31. The summed E-state index contributed by atoms with van der Waals surface area (Å²) in [6, 6.07) is 13.7. The Morgan fingerprint density at radius 1 is 1.03 bits per heavy atom. The fourth-order valence-electron chi connectivity index (χ4n) is 3.65. The van der Waals surface area contributed by atoms with Crippen LogP contribution in [0.15, 0.2) is 59.1 Å². The van der Waals surface area contributed by atoms with E-state index < -0.39 is 29.5 Å². The standard InChI is InChI=1S/C26H30F2N4O3/c1-3-7-22(30-25(33)14-19-12-20(27)15-21(28)13-19)26(34)31-24-16-23(35-32-24)17(2)29-11-10-18-8-5-4-6-9-18/h4-6,8-9,12-13,15-17,22,29H,3,7,10-11,14H2,1-2H3,(H,30,33)(H,31,32,34). The zero-order chi connectivity index (χ0) is 25.2. The molecule has 2 unspecified atom stereocenters. The summed E-state index contributed by atoms with van der Waals surface area (Å²) < 4.78 is 32.1. The highest BCUT2D eigenvalue weighted by atomic mass is 19.1. The molecule has 3 aromatic rings. The predicted molar refractivity (Wildman–Crippen MR) is 129 cm³/mol. The number of rotatable bonds is 12. The van der Waals surface area contributed by atoms with Crippen molar-refractivity contribution in [2.75, 3.05) is 11.9 Å². The van der Waals surface area contributed by atoms with Crippen LogP contribution in [0.3, 0.4) is 0 Å². The number of halogens is 2. The first-order valence-electron chi connectivity index (χ1n) is 11.6. The minimum Gasteiger partial charge on any atom is -0.358 e. The number of hydrogen-bond donors (Lipinski definition) is 3. The van der Waals surface area contributed by atoms with E-state index in [4.69, 9.17) is 4.52 Å². The third-order valence-electron chi connectivity index (χ3n) is 5.43. The fraction of sp³-hybridized carbons (Fsp3) is 0.346. The number of benzene rings is 2. The molecule has 1 aromatic heterocycles. The van der Waals surface area contributed by atoms with Crippen LogP contribution >= 0.6 is 0 Å². The molecular formula is C26H30F2N4O3. The van der Waals surface area contributed by atoms with Crippen molar-refractivity contribution < 1.29 is 22.9 Å². The third-order valence-corrected chi connectivity index (χ3v) is 5.43. The van der Waals surface area contributed by atoms with Gasteiger partial charge >= 0.3 is 0 Å². The topological polar surface area (TPSA) is 96.3 Å². The lowest BCUT2D eigenvalue weighted by atomic mass is 10.1. The molecule has 0 aliphatic heterocycles. The molecule has 0 aliphatic carbocycles. The SMILES string of the molecule is CCCC(NC(=O)Cc1cc(F)cc(F)c1)C(=O)Nc1cc(C(C)NCCc2ccccc2)on1. The van der Waals surface area contributed by atoms with Gasteiger partial charge in [-0.2, -0.15) is 0 Å². The molecule has 0 spiro atoms. The summed E-state index contributed by atoms with van der Waals surface area (Å²) >= 11 is 0. The maximum atomic E-state index is 13.4. The molecule has 0 saturated carbocycles. The molecule has 3 rings (SSSR count). The number of amides is 2. The summed E-state index contributed by atoms with van der Waals surface area (Å²) in [4.78, 5) is 25.2. The molecule has 35 heavy (non-hydrogen) atoms. The van der Waals surface area contributed by atoms with Crippen LogP contribution in [0.2, 0.25) is 0 Å². The largest absolute Gasteiger partial charge is 0.358 e. The van der Waals surface area contributed by atoms with E-state index in [-0.39, 0.29) is 23.8 Å². The number of hydrogen-bond acceptors (Lipinski definition) is 5. The second-order valence-electron chi connectivity index (χ2n) is 8.38. The summed E-state index contributed by atoms with van der Waals surface area (Å²) in [5, 5.41) is 12.6. The van der Waals surface area contributed by atoms with Crippen molar-refractivity contribution in [3.05, 3.63) is 83.1 Å². The van der Waals surface area contributed by atoms with Crippen molar-refractivity contribution in [1.29, 1.82) is 0 Å². The van der Waals surface area contributed by atoms with Gasteiger partial charge in [-0.15, -0.1) is 0 Å². The Hall–Kier alpha value is -3.59. The highest BCUT2D eigenvalue weighted by Crippen LogP contribution is 2.17. The normalized spacial score (nSPS) is 12.7. The van der Waals surface area contributed by atoms with E-state index in [2.05, 4.69) is 33.2 Å². The Labute approximate surface area is 203 Å². The van der Waals surface area contributed by atoms with Gasteiger partial charge in [0.2, 0.25) is 11.8 Å². The number of aromatic nitrogens is 1. The second kappa shape index (κ2) is 12.8. The number of carbonyl (C=O) groups excluding carboxylic acids is 2. The van der Waals surface area contributed by atoms with Gasteiger partial charge in [-0.1, -0.05) is 48.8 Å². The van der Waals surface area contributed by atoms with Gasteiger partial charge in [0, 0.05) is 12.1 Å². The summed E-state index contributed by atoms with van der Waals surface area (Å²) in [5.41, 5.74) is 1.41. The Balaban J connectivity index is 1.52. The first-order chi connectivity index (χ1) is 16.8. The lowest BCUT2D eigenvalue weighted by molar-refractivity contribution is -0.126. The Morgan fingerprint density at radius 3 is 2.43 bits per heavy atom. The zero-order valence-corrected chi connectivity index (χ0v) is 19.8. The molecule has 1 heterocycles. The highest BCUT2D eigenvalue weighted by Gasteiger charge is 2.22. The molecule has 3 N–H and O–H groups in total. The van der Waals surface area contributed by atoms with Crippen molar-refractivity contribution in [2.45, 2.75) is 51.6 Å². The molecule has 7 nitrogen and oxygen atoms in total. The number of anilines is 1. The minimum atomic E-state index is -0.826. The number of nitrogens with one attached hydrogen (secondary N) is 3. The van der Waals surface area contributed by atoms with Crippen LogP contribution in [0.1, 0.15) is 49.6 Å². The van der Waals surface area contributed by atoms with E-state index in [1.54, 1.807) is 6.07 Å². The lowest BCUT2D eigenvalue weighted by Gasteiger charge is -2.17.